The third-order valence-electron chi connectivity index (χ3n) is 5.28. The highest BCUT2D eigenvalue weighted by Crippen LogP contribution is 2.17. The van der Waals surface area contributed by atoms with Gasteiger partial charge in [-0.15, -0.1) is 0 Å². The molecule has 0 aliphatic carbocycles. The third kappa shape index (κ3) is 5.44. The van der Waals surface area contributed by atoms with Crippen LogP contribution in [0, 0.1) is 0 Å². The largest absolute Gasteiger partial charge is 0.348 e. The third-order valence-corrected chi connectivity index (χ3v) is 7.09. The highest BCUT2D eigenvalue weighted by atomic mass is 32.2. The van der Waals surface area contributed by atoms with Crippen LogP contribution < -0.4 is 5.32 Å². The zero-order valence-corrected chi connectivity index (χ0v) is 17.9. The van der Waals surface area contributed by atoms with Crippen LogP contribution in [0.1, 0.15) is 40.7 Å². The van der Waals surface area contributed by atoms with Crippen molar-refractivity contribution in [3.05, 3.63) is 65.2 Å². The fraction of sp³-hybridized carbons (Fsp3) is 0.409. The van der Waals surface area contributed by atoms with Crippen LogP contribution in [0.5, 0.6) is 0 Å². The van der Waals surface area contributed by atoms with Gasteiger partial charge in [0.25, 0.3) is 5.91 Å². The quantitative estimate of drug-likeness (QED) is 0.755. The highest BCUT2D eigenvalue weighted by Gasteiger charge is 2.19. The van der Waals surface area contributed by atoms with E-state index in [0.29, 0.717) is 12.1 Å². The lowest BCUT2D eigenvalue weighted by Crippen LogP contribution is -2.30. The SMILES string of the molecule is CN(C)S(=O)(=O)c1cccc(C(=O)NCc2ccccc2CN2CCCCC2)c1. The van der Waals surface area contributed by atoms with Crippen LogP contribution in [0.3, 0.4) is 0 Å². The Balaban J connectivity index is 1.68. The molecular weight excluding hydrogens is 386 g/mol. The van der Waals surface area contributed by atoms with E-state index in [0.717, 1.165) is 29.5 Å². The molecule has 1 N–H and O–H groups in total. The zero-order chi connectivity index (χ0) is 20.9. The molecule has 7 heteroatoms. The Hall–Kier alpha value is -2.22. The average Bonchev–Trinajstić information content (AvgIpc) is 2.73. The summed E-state index contributed by atoms with van der Waals surface area (Å²) >= 11 is 0. The summed E-state index contributed by atoms with van der Waals surface area (Å²) in [6.07, 6.45) is 3.78. The van der Waals surface area contributed by atoms with Crippen molar-refractivity contribution in [3.8, 4) is 0 Å². The van der Waals surface area contributed by atoms with Gasteiger partial charge in [-0.1, -0.05) is 36.8 Å². The molecular formula is C22H29N3O3S. The van der Waals surface area contributed by atoms with Crippen molar-refractivity contribution in [1.29, 1.82) is 0 Å². The van der Waals surface area contributed by atoms with E-state index < -0.39 is 10.0 Å². The number of hydrogen-bond acceptors (Lipinski definition) is 4. The van der Waals surface area contributed by atoms with Crippen molar-refractivity contribution < 1.29 is 13.2 Å². The molecule has 6 nitrogen and oxygen atoms in total. The van der Waals surface area contributed by atoms with Crippen molar-refractivity contribution in [3.63, 3.8) is 0 Å². The standard InChI is InChI=1S/C22H29N3O3S/c1-24(2)29(27,28)21-12-8-11-18(15-21)22(26)23-16-19-9-4-5-10-20(19)17-25-13-6-3-7-14-25/h4-5,8-12,15H,3,6-7,13-14,16-17H2,1-2H3,(H,23,26). The second-order valence-electron chi connectivity index (χ2n) is 7.60. The molecule has 0 atom stereocenters. The number of rotatable bonds is 7. The van der Waals surface area contributed by atoms with Crippen LogP contribution in [0.4, 0.5) is 0 Å². The van der Waals surface area contributed by atoms with E-state index >= 15 is 0 Å². The van der Waals surface area contributed by atoms with E-state index in [9.17, 15) is 13.2 Å². The van der Waals surface area contributed by atoms with E-state index in [-0.39, 0.29) is 10.8 Å². The van der Waals surface area contributed by atoms with Gasteiger partial charge in [-0.25, -0.2) is 12.7 Å². The maximum Gasteiger partial charge on any atom is 0.251 e. The van der Waals surface area contributed by atoms with Gasteiger partial charge in [0.1, 0.15) is 0 Å². The van der Waals surface area contributed by atoms with Crippen LogP contribution in [0.2, 0.25) is 0 Å². The highest BCUT2D eigenvalue weighted by molar-refractivity contribution is 7.89. The Labute approximate surface area is 173 Å². The van der Waals surface area contributed by atoms with Gasteiger partial charge in [0, 0.05) is 32.7 Å². The summed E-state index contributed by atoms with van der Waals surface area (Å²) in [5.41, 5.74) is 2.64. The first-order valence-corrected chi connectivity index (χ1v) is 11.4. The normalized spacial score (nSPS) is 15.4. The lowest BCUT2D eigenvalue weighted by atomic mass is 10.0. The summed E-state index contributed by atoms with van der Waals surface area (Å²) in [5.74, 6) is -0.284. The lowest BCUT2D eigenvalue weighted by Gasteiger charge is -2.27. The van der Waals surface area contributed by atoms with E-state index in [2.05, 4.69) is 16.3 Å². The Morgan fingerprint density at radius 1 is 1.00 bits per heavy atom. The zero-order valence-electron chi connectivity index (χ0n) is 17.1. The van der Waals surface area contributed by atoms with E-state index in [4.69, 9.17) is 0 Å². The first-order chi connectivity index (χ1) is 13.9. The minimum absolute atomic E-state index is 0.112. The van der Waals surface area contributed by atoms with Crippen LogP contribution in [-0.2, 0) is 23.1 Å². The maximum atomic E-state index is 12.6. The second kappa shape index (κ2) is 9.52. The number of amides is 1. The van der Waals surface area contributed by atoms with Gasteiger partial charge in [-0.3, -0.25) is 9.69 Å². The molecule has 1 aliphatic rings. The van der Waals surface area contributed by atoms with Crippen LogP contribution in [0.25, 0.3) is 0 Å². The van der Waals surface area contributed by atoms with Gasteiger partial charge in [-0.2, -0.15) is 0 Å². The number of carbonyl (C=O) groups excluding carboxylic acids is 1. The fourth-order valence-electron chi connectivity index (χ4n) is 3.53. The predicted octanol–water partition coefficient (Wildman–Crippen LogP) is 2.85. The van der Waals surface area contributed by atoms with Crippen LogP contribution >= 0.6 is 0 Å². The monoisotopic (exact) mass is 415 g/mol. The van der Waals surface area contributed by atoms with Crippen molar-refractivity contribution in [2.45, 2.75) is 37.2 Å². The van der Waals surface area contributed by atoms with Gasteiger partial charge in [0.2, 0.25) is 10.0 Å². The van der Waals surface area contributed by atoms with E-state index in [1.165, 1.54) is 51.1 Å². The van der Waals surface area contributed by atoms with Crippen LogP contribution in [0.15, 0.2) is 53.4 Å². The van der Waals surface area contributed by atoms with Gasteiger partial charge in [0.05, 0.1) is 4.90 Å². The number of benzene rings is 2. The minimum Gasteiger partial charge on any atom is -0.348 e. The summed E-state index contributed by atoms with van der Waals surface area (Å²) in [6, 6.07) is 14.3. The van der Waals surface area contributed by atoms with Crippen LogP contribution in [-0.4, -0.2) is 50.7 Å². The molecule has 1 fully saturated rings. The number of nitrogens with one attached hydrogen (secondary N) is 1. The Kier molecular flexibility index (Phi) is 7.05. The molecule has 0 aromatic heterocycles. The molecule has 1 heterocycles. The molecule has 0 saturated carbocycles. The minimum atomic E-state index is -3.58. The number of hydrogen-bond donors (Lipinski definition) is 1. The van der Waals surface area contributed by atoms with Gasteiger partial charge < -0.3 is 5.32 Å². The number of likely N-dealkylation sites (tertiary alicyclic amines) is 1. The molecule has 29 heavy (non-hydrogen) atoms. The van der Waals surface area contributed by atoms with Gasteiger partial charge >= 0.3 is 0 Å². The van der Waals surface area contributed by atoms with Crippen molar-refractivity contribution in [2.75, 3.05) is 27.2 Å². The molecule has 3 rings (SSSR count). The smallest absolute Gasteiger partial charge is 0.251 e. The summed E-state index contributed by atoms with van der Waals surface area (Å²) < 4.78 is 25.8. The maximum absolute atomic E-state index is 12.6. The first kappa shape index (κ1) is 21.5. The number of sulfonamides is 1. The summed E-state index contributed by atoms with van der Waals surface area (Å²) in [4.78, 5) is 15.2. The number of piperidine rings is 1. The summed E-state index contributed by atoms with van der Waals surface area (Å²) in [7, 11) is -0.628. The van der Waals surface area contributed by atoms with E-state index in [1.807, 2.05) is 18.2 Å². The molecule has 0 spiro atoms. The second-order valence-corrected chi connectivity index (χ2v) is 9.76. The fourth-order valence-corrected chi connectivity index (χ4v) is 4.48. The van der Waals surface area contributed by atoms with Gasteiger partial charge in [0.15, 0.2) is 0 Å². The van der Waals surface area contributed by atoms with Crippen molar-refractivity contribution in [2.24, 2.45) is 0 Å². The number of carbonyl (C=O) groups is 1. The molecule has 2 aromatic carbocycles. The Morgan fingerprint density at radius 2 is 1.69 bits per heavy atom. The first-order valence-electron chi connectivity index (χ1n) is 9.98. The Morgan fingerprint density at radius 3 is 2.38 bits per heavy atom. The van der Waals surface area contributed by atoms with Crippen molar-refractivity contribution >= 4 is 15.9 Å². The predicted molar refractivity (Wildman–Crippen MR) is 114 cm³/mol. The molecule has 0 bridgehead atoms. The molecule has 1 amide bonds. The van der Waals surface area contributed by atoms with Crippen molar-refractivity contribution in [1.82, 2.24) is 14.5 Å². The molecule has 156 valence electrons. The molecule has 2 aromatic rings. The molecule has 0 unspecified atom stereocenters. The molecule has 1 aliphatic heterocycles. The topological polar surface area (TPSA) is 69.7 Å². The Bertz CT molecular complexity index is 951. The molecule has 0 radical (unpaired) electrons. The summed E-state index contributed by atoms with van der Waals surface area (Å²) in [5, 5.41) is 2.93. The summed E-state index contributed by atoms with van der Waals surface area (Å²) in [6.45, 7) is 3.54. The molecule has 1 saturated heterocycles. The van der Waals surface area contributed by atoms with Gasteiger partial charge in [-0.05, 0) is 55.3 Å². The number of nitrogens with zero attached hydrogens (tertiary/aromatic N) is 2. The van der Waals surface area contributed by atoms with E-state index in [1.54, 1.807) is 12.1 Å². The average molecular weight is 416 g/mol. The lowest BCUT2D eigenvalue weighted by molar-refractivity contribution is 0.0950.